The Morgan fingerprint density at radius 1 is 1.16 bits per heavy atom. The lowest BCUT2D eigenvalue weighted by molar-refractivity contribution is -0.132. The van der Waals surface area contributed by atoms with Crippen LogP contribution in [0.15, 0.2) is 0 Å². The lowest BCUT2D eigenvalue weighted by atomic mass is 9.82. The lowest BCUT2D eigenvalue weighted by Gasteiger charge is -2.36. The van der Waals surface area contributed by atoms with E-state index in [1.165, 1.54) is 0 Å². The SMILES string of the molecule is CC(C)(C)C(=O)NCC(=O)NC1(CO)CCCCC1. The first kappa shape index (κ1) is 16.0. The summed E-state index contributed by atoms with van der Waals surface area (Å²) in [7, 11) is 0. The summed E-state index contributed by atoms with van der Waals surface area (Å²) in [5.41, 5.74) is -0.985. The fourth-order valence-corrected chi connectivity index (χ4v) is 2.32. The van der Waals surface area contributed by atoms with E-state index >= 15 is 0 Å². The normalized spacial score (nSPS) is 18.7. The van der Waals surface area contributed by atoms with Crippen LogP contribution in [0.5, 0.6) is 0 Å². The van der Waals surface area contributed by atoms with Crippen molar-refractivity contribution in [3.8, 4) is 0 Å². The fourth-order valence-electron chi connectivity index (χ4n) is 2.32. The lowest BCUT2D eigenvalue weighted by Crippen LogP contribution is -2.55. The molecule has 0 spiro atoms. The predicted octanol–water partition coefficient (Wildman–Crippen LogP) is 0.960. The minimum atomic E-state index is -0.500. The van der Waals surface area contributed by atoms with Crippen molar-refractivity contribution < 1.29 is 14.7 Å². The van der Waals surface area contributed by atoms with Gasteiger partial charge in [0, 0.05) is 5.41 Å². The third kappa shape index (κ3) is 4.82. The summed E-state index contributed by atoms with van der Waals surface area (Å²) in [6.45, 7) is 5.34. The van der Waals surface area contributed by atoms with E-state index in [9.17, 15) is 14.7 Å². The van der Waals surface area contributed by atoms with E-state index in [1.807, 2.05) is 0 Å². The summed E-state index contributed by atoms with van der Waals surface area (Å²) in [6.07, 6.45) is 4.81. The van der Waals surface area contributed by atoms with E-state index in [2.05, 4.69) is 10.6 Å². The van der Waals surface area contributed by atoms with E-state index < -0.39 is 11.0 Å². The maximum Gasteiger partial charge on any atom is 0.239 e. The first-order valence-electron chi connectivity index (χ1n) is 6.99. The van der Waals surface area contributed by atoms with Gasteiger partial charge < -0.3 is 15.7 Å². The van der Waals surface area contributed by atoms with Crippen LogP contribution in [0.25, 0.3) is 0 Å². The Hall–Kier alpha value is -1.10. The number of hydrogen-bond donors (Lipinski definition) is 3. The van der Waals surface area contributed by atoms with Gasteiger partial charge in [0.1, 0.15) is 0 Å². The molecule has 3 N–H and O–H groups in total. The number of aliphatic hydroxyl groups excluding tert-OH is 1. The molecule has 5 nitrogen and oxygen atoms in total. The smallest absolute Gasteiger partial charge is 0.239 e. The Labute approximate surface area is 115 Å². The second-order valence-corrected chi connectivity index (χ2v) is 6.48. The molecule has 1 rings (SSSR count). The first-order valence-corrected chi connectivity index (χ1v) is 6.99. The number of amides is 2. The highest BCUT2D eigenvalue weighted by atomic mass is 16.3. The average Bonchev–Trinajstić information content (AvgIpc) is 2.36. The molecule has 19 heavy (non-hydrogen) atoms. The number of aliphatic hydroxyl groups is 1. The second kappa shape index (κ2) is 6.37. The van der Waals surface area contributed by atoms with Crippen molar-refractivity contribution in [3.63, 3.8) is 0 Å². The van der Waals surface area contributed by atoms with Crippen molar-refractivity contribution in [1.82, 2.24) is 10.6 Å². The molecule has 1 aliphatic rings. The Balaban J connectivity index is 2.44. The topological polar surface area (TPSA) is 78.4 Å². The van der Waals surface area contributed by atoms with Crippen molar-refractivity contribution >= 4 is 11.8 Å². The molecule has 0 heterocycles. The van der Waals surface area contributed by atoms with Gasteiger partial charge in [-0.25, -0.2) is 0 Å². The summed E-state index contributed by atoms with van der Waals surface area (Å²) in [5, 5.41) is 15.0. The number of rotatable bonds is 4. The molecule has 0 radical (unpaired) electrons. The van der Waals surface area contributed by atoms with Gasteiger partial charge in [0.15, 0.2) is 0 Å². The molecule has 1 saturated carbocycles. The van der Waals surface area contributed by atoms with Crippen molar-refractivity contribution in [2.45, 2.75) is 58.4 Å². The molecule has 5 heteroatoms. The maximum atomic E-state index is 11.9. The number of nitrogens with one attached hydrogen (secondary N) is 2. The summed E-state index contributed by atoms with van der Waals surface area (Å²) in [6, 6.07) is 0. The van der Waals surface area contributed by atoms with Crippen molar-refractivity contribution in [1.29, 1.82) is 0 Å². The molecule has 0 atom stereocenters. The van der Waals surface area contributed by atoms with Gasteiger partial charge in [-0.15, -0.1) is 0 Å². The van der Waals surface area contributed by atoms with Gasteiger partial charge in [-0.05, 0) is 12.8 Å². The van der Waals surface area contributed by atoms with E-state index in [0.717, 1.165) is 32.1 Å². The number of carbonyl (C=O) groups excluding carboxylic acids is 2. The van der Waals surface area contributed by atoms with Crippen molar-refractivity contribution in [3.05, 3.63) is 0 Å². The summed E-state index contributed by atoms with van der Waals surface area (Å²) in [5.74, 6) is -0.377. The van der Waals surface area contributed by atoms with Crippen LogP contribution in [-0.4, -0.2) is 35.6 Å². The van der Waals surface area contributed by atoms with Crippen LogP contribution < -0.4 is 10.6 Å². The van der Waals surface area contributed by atoms with Crippen LogP contribution in [0.3, 0.4) is 0 Å². The molecular weight excluding hydrogens is 244 g/mol. The van der Waals surface area contributed by atoms with Crippen LogP contribution in [0.4, 0.5) is 0 Å². The zero-order valence-electron chi connectivity index (χ0n) is 12.2. The summed E-state index contributed by atoms with van der Waals surface area (Å²) < 4.78 is 0. The van der Waals surface area contributed by atoms with E-state index in [0.29, 0.717) is 0 Å². The molecule has 2 amide bonds. The second-order valence-electron chi connectivity index (χ2n) is 6.48. The Morgan fingerprint density at radius 2 is 1.74 bits per heavy atom. The first-order chi connectivity index (χ1) is 8.79. The highest BCUT2D eigenvalue weighted by Gasteiger charge is 2.33. The molecule has 1 aliphatic carbocycles. The van der Waals surface area contributed by atoms with Gasteiger partial charge in [0.05, 0.1) is 18.7 Å². The molecule has 1 fully saturated rings. The Kier molecular flexibility index (Phi) is 5.35. The third-order valence-electron chi connectivity index (χ3n) is 3.61. The van der Waals surface area contributed by atoms with Crippen LogP contribution in [-0.2, 0) is 9.59 Å². The number of hydrogen-bond acceptors (Lipinski definition) is 3. The molecule has 0 aromatic rings. The van der Waals surface area contributed by atoms with Crippen molar-refractivity contribution in [2.75, 3.05) is 13.2 Å². The van der Waals surface area contributed by atoms with Gasteiger partial charge >= 0.3 is 0 Å². The van der Waals surface area contributed by atoms with Gasteiger partial charge in [0.25, 0.3) is 0 Å². The van der Waals surface area contributed by atoms with E-state index in [-0.39, 0.29) is 25.0 Å². The fraction of sp³-hybridized carbons (Fsp3) is 0.857. The Bertz CT molecular complexity index is 328. The molecule has 0 unspecified atom stereocenters. The largest absolute Gasteiger partial charge is 0.394 e. The van der Waals surface area contributed by atoms with Gasteiger partial charge in [-0.1, -0.05) is 40.0 Å². The molecule has 0 aliphatic heterocycles. The highest BCUT2D eigenvalue weighted by molar-refractivity contribution is 5.87. The third-order valence-corrected chi connectivity index (χ3v) is 3.61. The van der Waals surface area contributed by atoms with E-state index in [1.54, 1.807) is 20.8 Å². The van der Waals surface area contributed by atoms with Crippen LogP contribution in [0, 0.1) is 5.41 Å². The maximum absolute atomic E-state index is 11.9. The number of carbonyl (C=O) groups is 2. The minimum Gasteiger partial charge on any atom is -0.394 e. The molecular formula is C14H26N2O3. The van der Waals surface area contributed by atoms with Crippen LogP contribution in [0.1, 0.15) is 52.9 Å². The van der Waals surface area contributed by atoms with Crippen LogP contribution in [0.2, 0.25) is 0 Å². The van der Waals surface area contributed by atoms with Crippen LogP contribution >= 0.6 is 0 Å². The molecule has 0 bridgehead atoms. The monoisotopic (exact) mass is 270 g/mol. The molecule has 110 valence electrons. The summed E-state index contributed by atoms with van der Waals surface area (Å²) in [4.78, 5) is 23.5. The zero-order valence-corrected chi connectivity index (χ0v) is 12.2. The molecule has 0 aromatic heterocycles. The highest BCUT2D eigenvalue weighted by Crippen LogP contribution is 2.27. The van der Waals surface area contributed by atoms with Gasteiger partial charge in [0.2, 0.25) is 11.8 Å². The van der Waals surface area contributed by atoms with Crippen molar-refractivity contribution in [2.24, 2.45) is 5.41 Å². The quantitative estimate of drug-likeness (QED) is 0.712. The predicted molar refractivity (Wildman–Crippen MR) is 73.5 cm³/mol. The molecule has 0 aromatic carbocycles. The summed E-state index contributed by atoms with van der Waals surface area (Å²) >= 11 is 0. The Morgan fingerprint density at radius 3 is 2.21 bits per heavy atom. The van der Waals surface area contributed by atoms with Gasteiger partial charge in [-0.2, -0.15) is 0 Å². The zero-order chi connectivity index (χ0) is 14.5. The van der Waals surface area contributed by atoms with Gasteiger partial charge in [-0.3, -0.25) is 9.59 Å². The molecule has 0 saturated heterocycles. The minimum absolute atomic E-state index is 0.0299. The van der Waals surface area contributed by atoms with E-state index in [4.69, 9.17) is 0 Å². The standard InChI is InChI=1S/C14H26N2O3/c1-13(2,3)12(19)15-9-11(18)16-14(10-17)7-5-4-6-8-14/h17H,4-10H2,1-3H3,(H,15,19)(H,16,18). The average molecular weight is 270 g/mol.